The van der Waals surface area contributed by atoms with E-state index in [4.69, 9.17) is 40.5 Å². The number of carbonyl (C=O) groups is 7. The molecular formula is C56H60Cl3N5O9. The predicted molar refractivity (Wildman–Crippen MR) is 287 cm³/mol. The third-order valence-corrected chi connectivity index (χ3v) is 10.9. The first kappa shape index (κ1) is 60.1. The minimum absolute atomic E-state index is 0.302. The average molecular weight is 1050 g/mol. The zero-order valence-electron chi connectivity index (χ0n) is 41.5. The van der Waals surface area contributed by atoms with E-state index in [2.05, 4.69) is 68.1 Å². The van der Waals surface area contributed by atoms with Crippen LogP contribution in [0.3, 0.4) is 0 Å². The quantitative estimate of drug-likeness (QED) is 0.0375. The smallest absolute Gasteiger partial charge is 0.338 e. The zero-order valence-corrected chi connectivity index (χ0v) is 43.8. The van der Waals surface area contributed by atoms with Crippen molar-refractivity contribution in [3.63, 3.8) is 0 Å². The number of alkyl halides is 3. The average Bonchev–Trinajstić information content (AvgIpc) is 4.37. The molecule has 4 N–H and O–H groups in total. The standard InChI is InChI=1S/C28H30N2O4.C24H22N2O5.C3H7N.CHCl3/c1-29-26(31)25(28(33)34-3)30(2)27(32)24-18-16-21(17-19-24)7-5-4-6-20-8-10-22(11-9-20)12-13-23-14-15-23;1-25-22(28)21(24(30)31-3)26(2)23(29)20-14-12-18(13-15-20)7-5-4-6-17-8-10-19(16-27)11-9-17;4-3-1-2-3;2-1(3)4/h4,6,8-11,16-19,23,25H,12-15H2,1-3H3,(H,29,31);4,6,8-16,21H,1-3H3,(H,25,28);3H,1-2,4H2;1H/b2*6-4+;;. The lowest BCUT2D eigenvalue weighted by molar-refractivity contribution is -0.151. The Morgan fingerprint density at radius 2 is 0.986 bits per heavy atom. The highest BCUT2D eigenvalue weighted by molar-refractivity contribution is 6.63. The molecule has 0 spiro atoms. The van der Waals surface area contributed by atoms with E-state index < -0.39 is 51.9 Å². The lowest BCUT2D eigenvalue weighted by atomic mass is 10.1. The summed E-state index contributed by atoms with van der Waals surface area (Å²) in [5.41, 5.74) is 11.3. The molecule has 6 rings (SSSR count). The van der Waals surface area contributed by atoms with Crippen molar-refractivity contribution >= 4 is 88.8 Å². The molecule has 0 aromatic heterocycles. The van der Waals surface area contributed by atoms with Gasteiger partial charge in [0.15, 0.2) is 4.30 Å². The van der Waals surface area contributed by atoms with Gasteiger partial charge in [-0.05, 0) is 121 Å². The molecule has 4 aromatic rings. The molecule has 17 heteroatoms. The molecule has 0 saturated heterocycles. The third-order valence-electron chi connectivity index (χ3n) is 10.9. The number of ether oxygens (including phenoxy) is 2. The van der Waals surface area contributed by atoms with E-state index >= 15 is 0 Å². The summed E-state index contributed by atoms with van der Waals surface area (Å²) in [6, 6.07) is 26.7. The Morgan fingerprint density at radius 3 is 1.30 bits per heavy atom. The van der Waals surface area contributed by atoms with Crippen LogP contribution in [0.1, 0.15) is 91.0 Å². The number of methoxy groups -OCH3 is 2. The SMILES string of the molecule is CNC(=O)C(C(=O)OC)N(C)C(=O)c1ccc(C#C/C=C/c2ccc(C=O)cc2)cc1.CNC(=O)C(C(=O)OC)N(C)C(=O)c1ccc(C#C/C=C/c2ccc(CCC3CC3)cc2)cc1.ClC(Cl)Cl.NC1CC1. The highest BCUT2D eigenvalue weighted by Crippen LogP contribution is 2.33. The summed E-state index contributed by atoms with van der Waals surface area (Å²) in [4.78, 5) is 86.1. The molecule has 4 amide bonds. The maximum Gasteiger partial charge on any atom is 0.338 e. The Morgan fingerprint density at radius 1 is 0.630 bits per heavy atom. The van der Waals surface area contributed by atoms with Crippen molar-refractivity contribution in [1.82, 2.24) is 20.4 Å². The second-order valence-corrected chi connectivity index (χ2v) is 18.3. The molecule has 0 radical (unpaired) electrons. The Bertz CT molecular complexity index is 2630. The molecule has 0 bridgehead atoms. The number of hydrogen-bond acceptors (Lipinski definition) is 10. The minimum Gasteiger partial charge on any atom is -0.467 e. The largest absolute Gasteiger partial charge is 0.467 e. The molecule has 2 saturated carbocycles. The van der Waals surface area contributed by atoms with Gasteiger partial charge in [0.05, 0.1) is 14.2 Å². The normalized spacial score (nSPS) is 12.9. The maximum absolute atomic E-state index is 12.7. The van der Waals surface area contributed by atoms with Gasteiger partial charge in [-0.3, -0.25) is 24.0 Å². The van der Waals surface area contributed by atoms with Crippen molar-refractivity contribution in [3.8, 4) is 23.7 Å². The van der Waals surface area contributed by atoms with Crippen LogP contribution < -0.4 is 16.4 Å². The Hall–Kier alpha value is -7.20. The van der Waals surface area contributed by atoms with Crippen LogP contribution in [0.5, 0.6) is 0 Å². The first-order chi connectivity index (χ1) is 35.0. The summed E-state index contributed by atoms with van der Waals surface area (Å²) in [5, 5.41) is 4.72. The first-order valence-corrected chi connectivity index (χ1v) is 24.3. The van der Waals surface area contributed by atoms with E-state index in [1.165, 1.54) is 73.0 Å². The van der Waals surface area contributed by atoms with Gasteiger partial charge in [0.2, 0.25) is 12.1 Å². The number of esters is 2. The number of benzene rings is 4. The molecule has 2 aliphatic rings. The monoisotopic (exact) mass is 1050 g/mol. The van der Waals surface area contributed by atoms with Gasteiger partial charge in [0.1, 0.15) is 6.29 Å². The fourth-order valence-corrected chi connectivity index (χ4v) is 6.29. The van der Waals surface area contributed by atoms with E-state index in [0.29, 0.717) is 28.3 Å². The van der Waals surface area contributed by atoms with E-state index in [0.717, 1.165) is 52.2 Å². The molecule has 0 heterocycles. The molecular weight excluding hydrogens is 993 g/mol. The van der Waals surface area contributed by atoms with Gasteiger partial charge in [0.25, 0.3) is 23.6 Å². The number of likely N-dealkylation sites (N-methyl/N-ethyl adjacent to an activating group) is 4. The van der Waals surface area contributed by atoms with E-state index in [9.17, 15) is 33.6 Å². The molecule has 4 aromatic carbocycles. The van der Waals surface area contributed by atoms with E-state index in [-0.39, 0.29) is 0 Å². The second-order valence-electron chi connectivity index (χ2n) is 16.4. The van der Waals surface area contributed by atoms with Crippen LogP contribution in [0, 0.1) is 29.6 Å². The van der Waals surface area contributed by atoms with Crippen LogP contribution >= 0.6 is 34.8 Å². The Labute approximate surface area is 442 Å². The van der Waals surface area contributed by atoms with Crippen molar-refractivity contribution in [2.24, 2.45) is 11.7 Å². The van der Waals surface area contributed by atoms with Gasteiger partial charge in [-0.15, -0.1) is 0 Å². The molecule has 2 unspecified atom stereocenters. The first-order valence-electron chi connectivity index (χ1n) is 23.0. The van der Waals surface area contributed by atoms with Gasteiger partial charge < -0.3 is 35.6 Å². The Kier molecular flexibility index (Phi) is 26.3. The van der Waals surface area contributed by atoms with Crippen molar-refractivity contribution in [2.45, 2.75) is 60.9 Å². The number of hydrogen-bond donors (Lipinski definition) is 3. The van der Waals surface area contributed by atoms with Crippen LogP contribution in [0.15, 0.2) is 109 Å². The molecule has 2 fully saturated rings. The number of nitrogens with zero attached hydrogens (tertiary/aromatic N) is 2. The number of nitrogens with two attached hydrogens (primary N) is 1. The van der Waals surface area contributed by atoms with Crippen LogP contribution in [-0.4, -0.2) is 116 Å². The zero-order chi connectivity index (χ0) is 53.9. The number of halogens is 3. The number of aryl methyl sites for hydroxylation is 1. The van der Waals surface area contributed by atoms with Crippen molar-refractivity contribution in [3.05, 3.63) is 154 Å². The minimum atomic E-state index is -1.38. The molecule has 73 heavy (non-hydrogen) atoms. The fourth-order valence-electron chi connectivity index (χ4n) is 6.29. The number of rotatable bonds is 14. The highest BCUT2D eigenvalue weighted by atomic mass is 35.6. The summed E-state index contributed by atoms with van der Waals surface area (Å²) in [7, 11) is 7.83. The van der Waals surface area contributed by atoms with Crippen LogP contribution in [0.2, 0.25) is 0 Å². The predicted octanol–water partition coefficient (Wildman–Crippen LogP) is 7.47. The number of amides is 4. The van der Waals surface area contributed by atoms with Crippen LogP contribution in [-0.2, 0) is 35.1 Å². The third kappa shape index (κ3) is 22.0. The molecule has 384 valence electrons. The van der Waals surface area contributed by atoms with Gasteiger partial charge in [-0.1, -0.05) is 120 Å². The topological polar surface area (TPSA) is 195 Å². The molecule has 2 aliphatic carbocycles. The van der Waals surface area contributed by atoms with Crippen LogP contribution in [0.4, 0.5) is 0 Å². The summed E-state index contributed by atoms with van der Waals surface area (Å²) in [6.07, 6.45) is 15.8. The number of carbonyl (C=O) groups excluding carboxylic acids is 7. The van der Waals surface area contributed by atoms with Crippen molar-refractivity contribution in [2.75, 3.05) is 42.4 Å². The van der Waals surface area contributed by atoms with E-state index in [1.807, 2.05) is 24.3 Å². The Balaban J connectivity index is 0.000000335. The summed E-state index contributed by atoms with van der Waals surface area (Å²) in [5.74, 6) is 8.98. The van der Waals surface area contributed by atoms with Crippen LogP contribution in [0.25, 0.3) is 12.2 Å². The van der Waals surface area contributed by atoms with Crippen molar-refractivity contribution < 1.29 is 43.0 Å². The number of aldehydes is 1. The number of allylic oxidation sites excluding steroid dienone is 2. The van der Waals surface area contributed by atoms with E-state index in [1.54, 1.807) is 72.8 Å². The molecule has 14 nitrogen and oxygen atoms in total. The fraction of sp³-hybridized carbons (Fsp3) is 0.304. The summed E-state index contributed by atoms with van der Waals surface area (Å²) >= 11 is 14.4. The summed E-state index contributed by atoms with van der Waals surface area (Å²) in [6.45, 7) is 0. The molecule has 0 aliphatic heterocycles. The highest BCUT2D eigenvalue weighted by Gasteiger charge is 2.35. The summed E-state index contributed by atoms with van der Waals surface area (Å²) < 4.78 is 8.53. The maximum atomic E-state index is 12.7. The van der Waals surface area contributed by atoms with Crippen molar-refractivity contribution in [1.29, 1.82) is 0 Å². The lowest BCUT2D eigenvalue weighted by Gasteiger charge is -2.24. The van der Waals surface area contributed by atoms with Gasteiger partial charge in [-0.2, -0.15) is 0 Å². The lowest BCUT2D eigenvalue weighted by Crippen LogP contribution is -2.51. The number of nitrogens with one attached hydrogen (secondary N) is 2. The van der Waals surface area contributed by atoms with Gasteiger partial charge in [0, 0.05) is 62.0 Å². The molecule has 2 atom stereocenters. The van der Waals surface area contributed by atoms with Gasteiger partial charge in [-0.25, -0.2) is 9.59 Å². The van der Waals surface area contributed by atoms with Gasteiger partial charge >= 0.3 is 11.9 Å². The second kappa shape index (κ2) is 32.0.